The molecule has 1 fully saturated rings. The van der Waals surface area contributed by atoms with Gasteiger partial charge in [-0.2, -0.15) is 0 Å². The molecule has 6 nitrogen and oxygen atoms in total. The van der Waals surface area contributed by atoms with E-state index in [0.29, 0.717) is 56.2 Å². The molecule has 162 valence electrons. The van der Waals surface area contributed by atoms with Gasteiger partial charge in [-0.3, -0.25) is 9.59 Å². The van der Waals surface area contributed by atoms with E-state index in [9.17, 15) is 9.59 Å². The van der Waals surface area contributed by atoms with Crippen molar-refractivity contribution >= 4 is 23.5 Å². The molecule has 0 spiro atoms. The van der Waals surface area contributed by atoms with Crippen LogP contribution in [0, 0.1) is 5.92 Å². The first kappa shape index (κ1) is 21.0. The molecule has 2 aliphatic heterocycles. The van der Waals surface area contributed by atoms with Crippen molar-refractivity contribution in [3.05, 3.63) is 59.7 Å². The fourth-order valence-electron chi connectivity index (χ4n) is 3.95. The van der Waals surface area contributed by atoms with E-state index >= 15 is 0 Å². The van der Waals surface area contributed by atoms with Gasteiger partial charge >= 0.3 is 0 Å². The van der Waals surface area contributed by atoms with Crippen molar-refractivity contribution in [3.8, 4) is 11.5 Å². The maximum Gasteiger partial charge on any atom is 0.246 e. The second kappa shape index (κ2) is 9.25. The first-order valence-corrected chi connectivity index (χ1v) is 10.7. The number of carbonyl (C=O) groups is 2. The van der Waals surface area contributed by atoms with Crippen LogP contribution in [0.2, 0.25) is 0 Å². The maximum atomic E-state index is 12.9. The number of ether oxygens (including phenoxy) is 2. The molecule has 2 aliphatic rings. The summed E-state index contributed by atoms with van der Waals surface area (Å²) in [5, 5.41) is 0. The predicted molar refractivity (Wildman–Crippen MR) is 121 cm³/mol. The second-order valence-electron chi connectivity index (χ2n) is 8.14. The number of piperidine rings is 1. The van der Waals surface area contributed by atoms with Gasteiger partial charge in [-0.15, -0.1) is 0 Å². The van der Waals surface area contributed by atoms with Gasteiger partial charge in [-0.1, -0.05) is 12.1 Å². The molecule has 1 saturated heterocycles. The summed E-state index contributed by atoms with van der Waals surface area (Å²) in [6.07, 6.45) is 4.80. The highest BCUT2D eigenvalue weighted by atomic mass is 16.6. The Kier molecular flexibility index (Phi) is 6.26. The zero-order valence-corrected chi connectivity index (χ0v) is 18.0. The Morgan fingerprint density at radius 1 is 0.968 bits per heavy atom. The van der Waals surface area contributed by atoms with Crippen molar-refractivity contribution in [2.75, 3.05) is 45.3 Å². The lowest BCUT2D eigenvalue weighted by atomic mass is 9.88. The maximum absolute atomic E-state index is 12.9. The molecule has 0 saturated carbocycles. The minimum atomic E-state index is -0.0748. The van der Waals surface area contributed by atoms with Crippen molar-refractivity contribution in [2.24, 2.45) is 5.92 Å². The van der Waals surface area contributed by atoms with Gasteiger partial charge in [0.25, 0.3) is 0 Å². The lowest BCUT2D eigenvalue weighted by molar-refractivity contribution is -0.127. The fraction of sp³-hybridized carbons (Fsp3) is 0.360. The molecule has 0 aromatic heterocycles. The summed E-state index contributed by atoms with van der Waals surface area (Å²) in [7, 11) is 3.99. The van der Waals surface area contributed by atoms with E-state index in [-0.39, 0.29) is 17.6 Å². The fourth-order valence-corrected chi connectivity index (χ4v) is 3.95. The first-order chi connectivity index (χ1) is 15.0. The Balaban J connectivity index is 1.31. The largest absolute Gasteiger partial charge is 0.486 e. The number of Topliss-reactive ketones (excluding diaryl/α,β-unsaturated/α-hetero) is 1. The molecule has 2 aromatic carbocycles. The molecule has 0 atom stereocenters. The number of ketones is 1. The number of carbonyl (C=O) groups excluding carboxylic acids is 2. The van der Waals surface area contributed by atoms with Gasteiger partial charge < -0.3 is 19.3 Å². The lowest BCUT2D eigenvalue weighted by Gasteiger charge is -2.30. The highest BCUT2D eigenvalue weighted by Crippen LogP contribution is 2.32. The average Bonchev–Trinajstić information content (AvgIpc) is 2.82. The van der Waals surface area contributed by atoms with E-state index in [1.807, 2.05) is 54.2 Å². The molecular weight excluding hydrogens is 392 g/mol. The van der Waals surface area contributed by atoms with Gasteiger partial charge in [-0.05, 0) is 54.8 Å². The van der Waals surface area contributed by atoms with Crippen molar-refractivity contribution in [2.45, 2.75) is 12.8 Å². The van der Waals surface area contributed by atoms with Crippen LogP contribution in [-0.2, 0) is 4.79 Å². The standard InChI is InChI=1S/C25H28N2O4/c1-26(2)21-7-3-18(4-8-21)5-10-24(28)27-13-11-19(12-14-27)25(29)20-6-9-22-23(17-20)31-16-15-30-22/h3-10,17,19H,11-16H2,1-2H3/b10-5+. The summed E-state index contributed by atoms with van der Waals surface area (Å²) in [6.45, 7) is 2.20. The van der Waals surface area contributed by atoms with Crippen molar-refractivity contribution < 1.29 is 19.1 Å². The van der Waals surface area contributed by atoms with Gasteiger partial charge in [0.15, 0.2) is 17.3 Å². The second-order valence-corrected chi connectivity index (χ2v) is 8.14. The molecule has 0 unspecified atom stereocenters. The molecule has 2 aromatic rings. The summed E-state index contributed by atoms with van der Waals surface area (Å²) in [6, 6.07) is 13.4. The van der Waals surface area contributed by atoms with Gasteiger partial charge in [0.05, 0.1) is 0 Å². The van der Waals surface area contributed by atoms with Gasteiger partial charge in [0.1, 0.15) is 13.2 Å². The van der Waals surface area contributed by atoms with Crippen molar-refractivity contribution in [1.29, 1.82) is 0 Å². The third-order valence-corrected chi connectivity index (χ3v) is 5.83. The first-order valence-electron chi connectivity index (χ1n) is 10.7. The normalized spacial score (nSPS) is 16.4. The highest BCUT2D eigenvalue weighted by molar-refractivity contribution is 5.99. The Morgan fingerprint density at radius 2 is 1.65 bits per heavy atom. The minimum absolute atomic E-state index is 0.0121. The molecule has 2 heterocycles. The summed E-state index contributed by atoms with van der Waals surface area (Å²) >= 11 is 0. The van der Waals surface area contributed by atoms with Crippen LogP contribution in [0.5, 0.6) is 11.5 Å². The third-order valence-electron chi connectivity index (χ3n) is 5.83. The summed E-state index contributed by atoms with van der Waals surface area (Å²) in [5.74, 6) is 1.34. The summed E-state index contributed by atoms with van der Waals surface area (Å²) < 4.78 is 11.1. The zero-order valence-electron chi connectivity index (χ0n) is 18.0. The zero-order chi connectivity index (χ0) is 21.8. The molecule has 4 rings (SSSR count). The predicted octanol–water partition coefficient (Wildman–Crippen LogP) is 3.66. The number of hydrogen-bond acceptors (Lipinski definition) is 5. The lowest BCUT2D eigenvalue weighted by Crippen LogP contribution is -2.39. The monoisotopic (exact) mass is 420 g/mol. The van der Waals surface area contributed by atoms with E-state index in [4.69, 9.17) is 9.47 Å². The van der Waals surface area contributed by atoms with Gasteiger partial charge in [-0.25, -0.2) is 0 Å². The number of amides is 1. The van der Waals surface area contributed by atoms with Crippen LogP contribution in [0.1, 0.15) is 28.8 Å². The average molecular weight is 421 g/mol. The van der Waals surface area contributed by atoms with Gasteiger partial charge in [0.2, 0.25) is 5.91 Å². The summed E-state index contributed by atoms with van der Waals surface area (Å²) in [5.41, 5.74) is 2.76. The number of anilines is 1. The van der Waals surface area contributed by atoms with E-state index in [1.54, 1.807) is 24.3 Å². The van der Waals surface area contributed by atoms with Gasteiger partial charge in [0, 0.05) is 50.4 Å². The Bertz CT molecular complexity index is 974. The number of fused-ring (bicyclic) bond motifs is 1. The Hall–Kier alpha value is -3.28. The van der Waals surface area contributed by atoms with Crippen LogP contribution in [-0.4, -0.2) is 57.0 Å². The van der Waals surface area contributed by atoms with Crippen LogP contribution in [0.4, 0.5) is 5.69 Å². The molecule has 6 heteroatoms. The number of nitrogens with zero attached hydrogens (tertiary/aromatic N) is 2. The molecule has 0 radical (unpaired) electrons. The smallest absolute Gasteiger partial charge is 0.246 e. The van der Waals surface area contributed by atoms with Crippen molar-refractivity contribution in [3.63, 3.8) is 0 Å². The molecule has 1 amide bonds. The van der Waals surface area contributed by atoms with E-state index in [1.165, 1.54) is 0 Å². The number of likely N-dealkylation sites (tertiary alicyclic amines) is 1. The van der Waals surface area contributed by atoms with E-state index in [0.717, 1.165) is 11.3 Å². The SMILES string of the molecule is CN(C)c1ccc(/C=C/C(=O)N2CCC(C(=O)c3ccc4c(c3)OCCO4)CC2)cc1. The molecule has 0 aliphatic carbocycles. The van der Waals surface area contributed by atoms with E-state index < -0.39 is 0 Å². The molecule has 0 bridgehead atoms. The minimum Gasteiger partial charge on any atom is -0.486 e. The Labute approximate surface area is 183 Å². The number of hydrogen-bond donors (Lipinski definition) is 0. The quantitative estimate of drug-likeness (QED) is 0.546. The third kappa shape index (κ3) is 4.90. The number of benzene rings is 2. The topological polar surface area (TPSA) is 59.1 Å². The molecule has 31 heavy (non-hydrogen) atoms. The van der Waals surface area contributed by atoms with Crippen molar-refractivity contribution in [1.82, 2.24) is 4.90 Å². The molecular formula is C25H28N2O4. The molecule has 0 N–H and O–H groups in total. The highest BCUT2D eigenvalue weighted by Gasteiger charge is 2.28. The van der Waals surface area contributed by atoms with Crippen LogP contribution in [0.25, 0.3) is 6.08 Å². The summed E-state index contributed by atoms with van der Waals surface area (Å²) in [4.78, 5) is 29.4. The van der Waals surface area contributed by atoms with Crippen LogP contribution in [0.15, 0.2) is 48.5 Å². The van der Waals surface area contributed by atoms with E-state index in [2.05, 4.69) is 0 Å². The van der Waals surface area contributed by atoms with Crippen LogP contribution in [0.3, 0.4) is 0 Å². The van der Waals surface area contributed by atoms with Crippen LogP contribution < -0.4 is 14.4 Å². The number of rotatable bonds is 5. The van der Waals surface area contributed by atoms with Crippen LogP contribution >= 0.6 is 0 Å². The Morgan fingerprint density at radius 3 is 2.32 bits per heavy atom.